The molecule has 3 heterocycles. The lowest BCUT2D eigenvalue weighted by molar-refractivity contribution is -0.0502. The van der Waals surface area contributed by atoms with Crippen molar-refractivity contribution in [2.24, 2.45) is 5.92 Å². The highest BCUT2D eigenvalue weighted by molar-refractivity contribution is 6.02. The molecule has 0 saturated heterocycles. The molecule has 1 aromatic carbocycles. The average molecular weight is 524 g/mol. The molecule has 0 N–H and O–H groups in total. The van der Waals surface area contributed by atoms with E-state index in [9.17, 15) is 13.6 Å². The van der Waals surface area contributed by atoms with Crippen molar-refractivity contribution < 1.29 is 27.8 Å². The number of imidazole rings is 1. The smallest absolute Gasteiger partial charge is 0.387 e. The predicted octanol–water partition coefficient (Wildman–Crippen LogP) is 4.90. The lowest BCUT2D eigenvalue weighted by Gasteiger charge is -2.17. The molecule has 1 aliphatic rings. The molecular weight excluding hydrogens is 496 g/mol. The second-order valence-corrected chi connectivity index (χ2v) is 9.05. The third-order valence-corrected chi connectivity index (χ3v) is 6.32. The number of hydrogen-bond donors (Lipinski definition) is 0. The molecule has 4 aromatic rings. The lowest BCUT2D eigenvalue weighted by atomic mass is 10.00. The van der Waals surface area contributed by atoms with E-state index in [1.54, 1.807) is 53.5 Å². The van der Waals surface area contributed by atoms with E-state index in [0.717, 1.165) is 12.8 Å². The number of carbonyl (C=O) groups is 1. The van der Waals surface area contributed by atoms with E-state index in [1.165, 1.54) is 13.2 Å². The van der Waals surface area contributed by atoms with Crippen molar-refractivity contribution in [2.45, 2.75) is 25.9 Å². The van der Waals surface area contributed by atoms with Crippen molar-refractivity contribution in [3.05, 3.63) is 60.7 Å². The van der Waals surface area contributed by atoms with Gasteiger partial charge in [0, 0.05) is 43.7 Å². The number of rotatable bonds is 12. The highest BCUT2D eigenvalue weighted by Crippen LogP contribution is 2.40. The fraction of sp³-hybridized carbons (Fsp3) is 0.333. The Kier molecular flexibility index (Phi) is 7.34. The van der Waals surface area contributed by atoms with E-state index in [4.69, 9.17) is 14.2 Å². The van der Waals surface area contributed by atoms with Crippen LogP contribution in [0.25, 0.3) is 16.9 Å². The molecule has 0 spiro atoms. The largest absolute Gasteiger partial charge is 0.496 e. The zero-order chi connectivity index (χ0) is 26.6. The summed E-state index contributed by atoms with van der Waals surface area (Å²) in [5.74, 6) is 1.23. The van der Waals surface area contributed by atoms with E-state index < -0.39 is 6.61 Å². The Morgan fingerprint density at radius 3 is 2.63 bits per heavy atom. The average Bonchev–Trinajstić information content (AvgIpc) is 3.63. The summed E-state index contributed by atoms with van der Waals surface area (Å²) >= 11 is 0. The van der Waals surface area contributed by atoms with Crippen LogP contribution in [0.3, 0.4) is 0 Å². The second kappa shape index (κ2) is 11.0. The Balaban J connectivity index is 1.37. The van der Waals surface area contributed by atoms with Crippen molar-refractivity contribution in [3.63, 3.8) is 0 Å². The number of pyridine rings is 1. The number of Topliss-reactive ketones (excluding diaryl/α,β-unsaturated/α-hetero) is 1. The van der Waals surface area contributed by atoms with Gasteiger partial charge in [-0.1, -0.05) is 0 Å². The van der Waals surface area contributed by atoms with Crippen LogP contribution in [0.1, 0.15) is 29.6 Å². The molecule has 198 valence electrons. The summed E-state index contributed by atoms with van der Waals surface area (Å²) in [6.45, 7) is -2.11. The summed E-state index contributed by atoms with van der Waals surface area (Å²) in [7, 11) is 3.28. The number of methoxy groups -OCH3 is 1. The summed E-state index contributed by atoms with van der Waals surface area (Å²) in [6.07, 6.45) is 8.96. The minimum atomic E-state index is -3.09. The Labute approximate surface area is 218 Å². The normalized spacial score (nSPS) is 13.1. The zero-order valence-electron chi connectivity index (χ0n) is 21.0. The van der Waals surface area contributed by atoms with Crippen LogP contribution in [-0.2, 0) is 0 Å². The van der Waals surface area contributed by atoms with Crippen LogP contribution < -0.4 is 19.1 Å². The molecule has 0 unspecified atom stereocenters. The van der Waals surface area contributed by atoms with Gasteiger partial charge in [-0.05, 0) is 43.0 Å². The first kappa shape index (κ1) is 25.4. The molecular formula is C27H27F2N5O4. The van der Waals surface area contributed by atoms with Crippen LogP contribution in [0, 0.1) is 5.92 Å². The number of anilines is 1. The van der Waals surface area contributed by atoms with Crippen LogP contribution in [0.15, 0.2) is 55.1 Å². The standard InChI is InChI=1S/C27H27F2N5O4/c1-33(27-30-7-3-8-31-27)10-11-37-19-6-9-34-20(16-32-24(34)15-19)18-13-22(36-2)25(21(35)12-17-4-5-17)23(14-18)38-26(28)29/h3,6-9,13-17,26H,4-5,10-12H2,1-2H3. The van der Waals surface area contributed by atoms with Gasteiger partial charge in [0.05, 0.1) is 25.5 Å². The number of likely N-dealkylation sites (N-methyl/N-ethyl adjacent to an activating group) is 1. The maximum absolute atomic E-state index is 13.3. The van der Waals surface area contributed by atoms with Crippen LogP contribution in [-0.4, -0.2) is 59.1 Å². The van der Waals surface area contributed by atoms with Crippen LogP contribution in [0.4, 0.5) is 14.7 Å². The Hall–Kier alpha value is -4.28. The van der Waals surface area contributed by atoms with E-state index in [2.05, 4.69) is 15.0 Å². The summed E-state index contributed by atoms with van der Waals surface area (Å²) in [5, 5.41) is 0. The van der Waals surface area contributed by atoms with Gasteiger partial charge in [-0.3, -0.25) is 9.20 Å². The van der Waals surface area contributed by atoms with Crippen LogP contribution >= 0.6 is 0 Å². The molecule has 1 aliphatic carbocycles. The molecule has 38 heavy (non-hydrogen) atoms. The van der Waals surface area contributed by atoms with Crippen molar-refractivity contribution in [2.75, 3.05) is 32.2 Å². The maximum Gasteiger partial charge on any atom is 0.387 e. The Morgan fingerprint density at radius 1 is 1.16 bits per heavy atom. The van der Waals surface area contributed by atoms with Gasteiger partial charge in [0.25, 0.3) is 0 Å². The molecule has 1 fully saturated rings. The van der Waals surface area contributed by atoms with Crippen molar-refractivity contribution in [1.29, 1.82) is 0 Å². The SMILES string of the molecule is COc1cc(-c2cnc3cc(OCCN(C)c4ncccn4)ccn23)cc(OC(F)F)c1C(=O)CC1CC1. The van der Waals surface area contributed by atoms with Crippen molar-refractivity contribution >= 4 is 17.4 Å². The highest BCUT2D eigenvalue weighted by Gasteiger charge is 2.29. The van der Waals surface area contributed by atoms with E-state index in [1.807, 2.05) is 11.9 Å². The van der Waals surface area contributed by atoms with Gasteiger partial charge in [0.1, 0.15) is 35.1 Å². The number of alkyl halides is 2. The molecule has 5 rings (SSSR count). The first-order valence-corrected chi connectivity index (χ1v) is 12.2. The Morgan fingerprint density at radius 2 is 1.92 bits per heavy atom. The summed E-state index contributed by atoms with van der Waals surface area (Å²) in [5.41, 5.74) is 1.78. The van der Waals surface area contributed by atoms with Crippen molar-refractivity contribution in [3.8, 4) is 28.5 Å². The molecule has 0 amide bonds. The van der Waals surface area contributed by atoms with E-state index >= 15 is 0 Å². The Bertz CT molecular complexity index is 1430. The number of ketones is 1. The number of hydrogen-bond acceptors (Lipinski definition) is 8. The maximum atomic E-state index is 13.3. The summed E-state index contributed by atoms with van der Waals surface area (Å²) in [6, 6.07) is 8.41. The molecule has 1 saturated carbocycles. The fourth-order valence-corrected chi connectivity index (χ4v) is 4.20. The first-order valence-electron chi connectivity index (χ1n) is 12.2. The topological polar surface area (TPSA) is 91.1 Å². The van der Waals surface area contributed by atoms with Gasteiger partial charge in [-0.2, -0.15) is 8.78 Å². The number of ether oxygens (including phenoxy) is 3. The predicted molar refractivity (Wildman–Crippen MR) is 136 cm³/mol. The monoisotopic (exact) mass is 523 g/mol. The van der Waals surface area contributed by atoms with Gasteiger partial charge in [0.15, 0.2) is 5.78 Å². The lowest BCUT2D eigenvalue weighted by Crippen LogP contribution is -2.25. The van der Waals surface area contributed by atoms with Gasteiger partial charge in [-0.15, -0.1) is 0 Å². The van der Waals surface area contributed by atoms with Gasteiger partial charge in [-0.25, -0.2) is 15.0 Å². The van der Waals surface area contributed by atoms with E-state index in [-0.39, 0.29) is 35.2 Å². The second-order valence-electron chi connectivity index (χ2n) is 9.05. The number of fused-ring (bicyclic) bond motifs is 1. The third kappa shape index (κ3) is 5.66. The zero-order valence-corrected chi connectivity index (χ0v) is 21.0. The molecule has 3 aromatic heterocycles. The minimum absolute atomic E-state index is 0.0406. The number of carbonyl (C=O) groups excluding carboxylic acids is 1. The van der Waals surface area contributed by atoms with Crippen LogP contribution in [0.5, 0.6) is 17.2 Å². The van der Waals surface area contributed by atoms with Gasteiger partial charge < -0.3 is 19.1 Å². The molecule has 0 atom stereocenters. The molecule has 0 bridgehead atoms. The first-order chi connectivity index (χ1) is 18.4. The summed E-state index contributed by atoms with van der Waals surface area (Å²) in [4.78, 5) is 27.6. The number of halogens is 2. The third-order valence-electron chi connectivity index (χ3n) is 6.32. The van der Waals surface area contributed by atoms with Gasteiger partial charge >= 0.3 is 6.61 Å². The van der Waals surface area contributed by atoms with Crippen molar-refractivity contribution in [1.82, 2.24) is 19.4 Å². The number of nitrogens with zero attached hydrogens (tertiary/aromatic N) is 5. The highest BCUT2D eigenvalue weighted by atomic mass is 19.3. The number of benzene rings is 1. The fourth-order valence-electron chi connectivity index (χ4n) is 4.20. The quantitative estimate of drug-likeness (QED) is 0.242. The number of aromatic nitrogens is 4. The molecule has 9 nitrogen and oxygen atoms in total. The molecule has 11 heteroatoms. The molecule has 0 aliphatic heterocycles. The van der Waals surface area contributed by atoms with Crippen LogP contribution in [0.2, 0.25) is 0 Å². The summed E-state index contributed by atoms with van der Waals surface area (Å²) < 4.78 is 44.5. The van der Waals surface area contributed by atoms with E-state index in [0.29, 0.717) is 41.8 Å². The minimum Gasteiger partial charge on any atom is -0.496 e. The molecule has 0 radical (unpaired) electrons. The van der Waals surface area contributed by atoms with Gasteiger partial charge in [0.2, 0.25) is 5.95 Å².